The molecule has 162 valence electrons. The molecule has 1 unspecified atom stereocenters. The molecule has 0 aliphatic carbocycles. The van der Waals surface area contributed by atoms with Gasteiger partial charge >= 0.3 is 0 Å². The number of nitrogens with zero attached hydrogens (tertiary/aromatic N) is 3. The highest BCUT2D eigenvalue weighted by Gasteiger charge is 2.41. The largest absolute Gasteiger partial charge is 0.368 e. The number of carbonyl (C=O) groups excluding carboxylic acids is 3. The van der Waals surface area contributed by atoms with Gasteiger partial charge in [-0.1, -0.05) is 60.7 Å². The molecule has 2 saturated heterocycles. The van der Waals surface area contributed by atoms with Gasteiger partial charge < -0.3 is 9.80 Å². The second kappa shape index (κ2) is 8.46. The van der Waals surface area contributed by atoms with Crippen molar-refractivity contribution in [2.24, 2.45) is 0 Å². The summed E-state index contributed by atoms with van der Waals surface area (Å²) in [5, 5.41) is 2.40. The zero-order valence-corrected chi connectivity index (χ0v) is 17.8. The fourth-order valence-corrected chi connectivity index (χ4v) is 4.65. The molecule has 0 N–H and O–H groups in total. The highest BCUT2D eigenvalue weighted by molar-refractivity contribution is 6.06. The summed E-state index contributed by atoms with van der Waals surface area (Å²) in [4.78, 5) is 43.7. The SMILES string of the molecule is O=C(C(c1ccccc1)N1C(=O)CCC1=O)N1CCN(c2ccc3ccccc3c2)CC1. The van der Waals surface area contributed by atoms with E-state index in [9.17, 15) is 14.4 Å². The summed E-state index contributed by atoms with van der Waals surface area (Å²) in [5.74, 6) is -0.725. The van der Waals surface area contributed by atoms with Gasteiger partial charge in [0, 0.05) is 44.7 Å². The first kappa shape index (κ1) is 20.2. The van der Waals surface area contributed by atoms with Gasteiger partial charge in [0.1, 0.15) is 6.04 Å². The molecule has 0 radical (unpaired) electrons. The number of likely N-dealkylation sites (tertiary alicyclic amines) is 1. The monoisotopic (exact) mass is 427 g/mol. The van der Waals surface area contributed by atoms with Gasteiger partial charge in [0.25, 0.3) is 5.91 Å². The zero-order valence-electron chi connectivity index (χ0n) is 17.8. The summed E-state index contributed by atoms with van der Waals surface area (Å²) in [6.07, 6.45) is 0.344. The maximum absolute atomic E-state index is 13.6. The van der Waals surface area contributed by atoms with Gasteiger partial charge in [-0.2, -0.15) is 0 Å². The summed E-state index contributed by atoms with van der Waals surface area (Å²) in [6.45, 7) is 2.50. The average molecular weight is 428 g/mol. The number of piperazine rings is 1. The molecule has 0 aromatic heterocycles. The molecular weight excluding hydrogens is 402 g/mol. The van der Waals surface area contributed by atoms with Crippen molar-refractivity contribution in [3.05, 3.63) is 78.4 Å². The molecule has 0 saturated carbocycles. The van der Waals surface area contributed by atoms with Crippen LogP contribution in [0.5, 0.6) is 0 Å². The van der Waals surface area contributed by atoms with E-state index in [1.54, 1.807) is 4.90 Å². The third-order valence-corrected chi connectivity index (χ3v) is 6.39. The van der Waals surface area contributed by atoms with E-state index < -0.39 is 6.04 Å². The Morgan fingerprint density at radius 2 is 1.34 bits per heavy atom. The molecule has 1 atom stereocenters. The number of rotatable bonds is 4. The number of anilines is 1. The average Bonchev–Trinajstić information content (AvgIpc) is 3.17. The Labute approximate surface area is 187 Å². The van der Waals surface area contributed by atoms with Crippen LogP contribution >= 0.6 is 0 Å². The molecule has 0 bridgehead atoms. The highest BCUT2D eigenvalue weighted by Crippen LogP contribution is 2.30. The maximum atomic E-state index is 13.6. The van der Waals surface area contributed by atoms with E-state index in [2.05, 4.69) is 35.2 Å². The van der Waals surface area contributed by atoms with Gasteiger partial charge in [-0.05, 0) is 28.5 Å². The molecule has 0 spiro atoms. The maximum Gasteiger partial charge on any atom is 0.250 e. The first-order chi connectivity index (χ1) is 15.6. The van der Waals surface area contributed by atoms with Crippen LogP contribution in [0.3, 0.4) is 0 Å². The fourth-order valence-electron chi connectivity index (χ4n) is 4.65. The van der Waals surface area contributed by atoms with E-state index >= 15 is 0 Å². The lowest BCUT2D eigenvalue weighted by Gasteiger charge is -2.39. The quantitative estimate of drug-likeness (QED) is 0.599. The Bertz CT molecular complexity index is 1150. The van der Waals surface area contributed by atoms with Gasteiger partial charge in [-0.15, -0.1) is 0 Å². The lowest BCUT2D eigenvalue weighted by Crippen LogP contribution is -2.53. The standard InChI is InChI=1S/C26H25N3O3/c30-23-12-13-24(31)29(23)25(20-7-2-1-3-8-20)26(32)28-16-14-27(15-17-28)22-11-10-19-6-4-5-9-21(19)18-22/h1-11,18,25H,12-17H2. The lowest BCUT2D eigenvalue weighted by molar-refractivity contribution is -0.151. The minimum atomic E-state index is -0.883. The van der Waals surface area contributed by atoms with Crippen molar-refractivity contribution >= 4 is 34.2 Å². The summed E-state index contributed by atoms with van der Waals surface area (Å²) < 4.78 is 0. The molecule has 32 heavy (non-hydrogen) atoms. The number of hydrogen-bond acceptors (Lipinski definition) is 4. The summed E-state index contributed by atoms with van der Waals surface area (Å²) in [5.41, 5.74) is 1.82. The van der Waals surface area contributed by atoms with Crippen LogP contribution in [0.2, 0.25) is 0 Å². The fraction of sp³-hybridized carbons (Fsp3) is 0.269. The molecule has 6 heteroatoms. The van der Waals surface area contributed by atoms with Crippen molar-refractivity contribution in [3.63, 3.8) is 0 Å². The Balaban J connectivity index is 1.34. The molecule has 2 aliphatic heterocycles. The van der Waals surface area contributed by atoms with E-state index in [0.717, 1.165) is 5.69 Å². The van der Waals surface area contributed by atoms with E-state index in [4.69, 9.17) is 0 Å². The smallest absolute Gasteiger partial charge is 0.250 e. The molecule has 2 fully saturated rings. The van der Waals surface area contributed by atoms with Crippen molar-refractivity contribution in [3.8, 4) is 0 Å². The van der Waals surface area contributed by atoms with Crippen LogP contribution in [-0.2, 0) is 14.4 Å². The third kappa shape index (κ3) is 3.73. The molecule has 2 aliphatic rings. The van der Waals surface area contributed by atoms with Gasteiger partial charge in [0.2, 0.25) is 11.8 Å². The normalized spacial score (nSPS) is 17.8. The van der Waals surface area contributed by atoms with Gasteiger partial charge in [0.15, 0.2) is 0 Å². The van der Waals surface area contributed by atoms with Crippen LogP contribution in [0.15, 0.2) is 72.8 Å². The molecule has 3 amide bonds. The first-order valence-electron chi connectivity index (χ1n) is 11.0. The predicted octanol–water partition coefficient (Wildman–Crippen LogP) is 3.38. The van der Waals surface area contributed by atoms with E-state index in [-0.39, 0.29) is 30.6 Å². The topological polar surface area (TPSA) is 60.9 Å². The van der Waals surface area contributed by atoms with E-state index in [0.29, 0.717) is 31.7 Å². The van der Waals surface area contributed by atoms with Crippen molar-refractivity contribution in [2.75, 3.05) is 31.1 Å². The minimum absolute atomic E-state index is 0.172. The lowest BCUT2D eigenvalue weighted by atomic mass is 10.0. The van der Waals surface area contributed by atoms with Crippen LogP contribution in [0.25, 0.3) is 10.8 Å². The second-order valence-electron chi connectivity index (χ2n) is 8.31. The van der Waals surface area contributed by atoms with Crippen molar-refractivity contribution in [1.82, 2.24) is 9.80 Å². The van der Waals surface area contributed by atoms with Crippen LogP contribution in [0.4, 0.5) is 5.69 Å². The Morgan fingerprint density at radius 3 is 2.03 bits per heavy atom. The molecule has 6 nitrogen and oxygen atoms in total. The molecule has 3 aromatic rings. The van der Waals surface area contributed by atoms with Gasteiger partial charge in [0.05, 0.1) is 0 Å². The van der Waals surface area contributed by atoms with E-state index in [1.807, 2.05) is 42.5 Å². The third-order valence-electron chi connectivity index (χ3n) is 6.39. The number of carbonyl (C=O) groups is 3. The number of imide groups is 1. The Kier molecular flexibility index (Phi) is 5.35. The number of fused-ring (bicyclic) bond motifs is 1. The van der Waals surface area contributed by atoms with Crippen LogP contribution in [0.1, 0.15) is 24.4 Å². The zero-order chi connectivity index (χ0) is 22.1. The van der Waals surface area contributed by atoms with Gasteiger partial charge in [-0.3, -0.25) is 19.3 Å². The number of hydrogen-bond donors (Lipinski definition) is 0. The van der Waals surface area contributed by atoms with Crippen LogP contribution in [0, 0.1) is 0 Å². The highest BCUT2D eigenvalue weighted by atomic mass is 16.2. The summed E-state index contributed by atoms with van der Waals surface area (Å²) in [6, 6.07) is 23.0. The summed E-state index contributed by atoms with van der Waals surface area (Å²) in [7, 11) is 0. The molecule has 5 rings (SSSR count). The van der Waals surface area contributed by atoms with Crippen LogP contribution < -0.4 is 4.90 Å². The molecule has 2 heterocycles. The molecular formula is C26H25N3O3. The number of amides is 3. The van der Waals surface area contributed by atoms with Crippen LogP contribution in [-0.4, -0.2) is 53.7 Å². The second-order valence-corrected chi connectivity index (χ2v) is 8.31. The van der Waals surface area contributed by atoms with Crippen molar-refractivity contribution in [2.45, 2.75) is 18.9 Å². The Morgan fingerprint density at radius 1 is 0.719 bits per heavy atom. The summed E-state index contributed by atoms with van der Waals surface area (Å²) >= 11 is 0. The van der Waals surface area contributed by atoms with E-state index in [1.165, 1.54) is 15.7 Å². The minimum Gasteiger partial charge on any atom is -0.368 e. The first-order valence-corrected chi connectivity index (χ1v) is 11.0. The molecule has 3 aromatic carbocycles. The van der Waals surface area contributed by atoms with Crippen molar-refractivity contribution in [1.29, 1.82) is 0 Å². The van der Waals surface area contributed by atoms with Gasteiger partial charge in [-0.25, -0.2) is 0 Å². The Hall–Kier alpha value is -3.67. The number of benzene rings is 3. The van der Waals surface area contributed by atoms with Crippen molar-refractivity contribution < 1.29 is 14.4 Å². The predicted molar refractivity (Wildman–Crippen MR) is 123 cm³/mol.